The van der Waals surface area contributed by atoms with Crippen molar-refractivity contribution in [2.45, 2.75) is 25.8 Å². The molecule has 1 aromatic rings. The van der Waals surface area contributed by atoms with Crippen molar-refractivity contribution in [1.29, 1.82) is 0 Å². The van der Waals surface area contributed by atoms with Gasteiger partial charge < -0.3 is 15.1 Å². The lowest BCUT2D eigenvalue weighted by molar-refractivity contribution is 0.597. The molecule has 5 heteroatoms. The molecule has 1 aliphatic heterocycles. The molecule has 2 rings (SSSR count). The molecule has 1 unspecified atom stereocenters. The third-order valence-electron chi connectivity index (χ3n) is 3.32. The van der Waals surface area contributed by atoms with E-state index in [-0.39, 0.29) is 0 Å². The number of hydrogen-bond acceptors (Lipinski definition) is 5. The van der Waals surface area contributed by atoms with Crippen molar-refractivity contribution in [1.82, 2.24) is 15.3 Å². The van der Waals surface area contributed by atoms with Gasteiger partial charge in [0.05, 0.1) is 0 Å². The predicted octanol–water partition coefficient (Wildman–Crippen LogP) is 1.04. The lowest BCUT2D eigenvalue weighted by atomic mass is 10.2. The lowest BCUT2D eigenvalue weighted by Crippen LogP contribution is -2.35. The molecule has 0 radical (unpaired) electrons. The van der Waals surface area contributed by atoms with Crippen LogP contribution in [-0.2, 0) is 0 Å². The van der Waals surface area contributed by atoms with E-state index < -0.39 is 0 Å². The van der Waals surface area contributed by atoms with Crippen molar-refractivity contribution in [3.05, 3.63) is 11.9 Å². The molecule has 0 aromatic carbocycles. The third kappa shape index (κ3) is 3.10. The quantitative estimate of drug-likeness (QED) is 0.864. The normalized spacial score (nSPS) is 19.0. The maximum Gasteiger partial charge on any atom is 0.134 e. The van der Waals surface area contributed by atoms with Crippen molar-refractivity contribution < 1.29 is 0 Å². The third-order valence-corrected chi connectivity index (χ3v) is 3.32. The Hall–Kier alpha value is -1.36. The van der Waals surface area contributed by atoms with Crippen LogP contribution in [0.3, 0.4) is 0 Å². The Morgan fingerprint density at radius 3 is 2.61 bits per heavy atom. The fraction of sp³-hybridized carbons (Fsp3) is 0.692. The van der Waals surface area contributed by atoms with Crippen LogP contribution in [-0.4, -0.2) is 50.2 Å². The topological polar surface area (TPSA) is 44.3 Å². The molecule has 0 bridgehead atoms. The smallest absolute Gasteiger partial charge is 0.134 e. The molecule has 1 atom stereocenters. The first-order valence-corrected chi connectivity index (χ1v) is 6.54. The van der Waals surface area contributed by atoms with Crippen molar-refractivity contribution in [3.8, 4) is 0 Å². The van der Waals surface area contributed by atoms with Crippen LogP contribution in [0, 0.1) is 6.92 Å². The lowest BCUT2D eigenvalue weighted by Gasteiger charge is -2.23. The SMILES string of the molecule is Cc1nc(N(C)C)cc(N(C)CC2CCCN2)n1. The average molecular weight is 249 g/mol. The summed E-state index contributed by atoms with van der Waals surface area (Å²) in [6, 6.07) is 2.63. The molecule has 1 N–H and O–H groups in total. The molecular weight excluding hydrogens is 226 g/mol. The number of nitrogens with zero attached hydrogens (tertiary/aromatic N) is 4. The number of likely N-dealkylation sites (N-methyl/N-ethyl adjacent to an activating group) is 1. The molecule has 1 aliphatic rings. The van der Waals surface area contributed by atoms with Crippen molar-refractivity contribution in [2.75, 3.05) is 44.0 Å². The van der Waals surface area contributed by atoms with E-state index in [0.29, 0.717) is 6.04 Å². The summed E-state index contributed by atoms with van der Waals surface area (Å²) in [5.41, 5.74) is 0. The maximum absolute atomic E-state index is 4.52. The van der Waals surface area contributed by atoms with Crippen LogP contribution in [0.15, 0.2) is 6.07 Å². The van der Waals surface area contributed by atoms with Gasteiger partial charge in [-0.1, -0.05) is 0 Å². The molecule has 1 fully saturated rings. The van der Waals surface area contributed by atoms with Gasteiger partial charge in [0, 0.05) is 39.8 Å². The van der Waals surface area contributed by atoms with Gasteiger partial charge in [-0.25, -0.2) is 9.97 Å². The molecule has 1 aromatic heterocycles. The predicted molar refractivity (Wildman–Crippen MR) is 75.4 cm³/mol. The van der Waals surface area contributed by atoms with Gasteiger partial charge in [0.25, 0.3) is 0 Å². The van der Waals surface area contributed by atoms with Gasteiger partial charge in [-0.3, -0.25) is 0 Å². The second-order valence-corrected chi connectivity index (χ2v) is 5.20. The Kier molecular flexibility index (Phi) is 4.01. The minimum Gasteiger partial charge on any atom is -0.363 e. The Morgan fingerprint density at radius 1 is 1.28 bits per heavy atom. The first-order valence-electron chi connectivity index (χ1n) is 6.54. The molecule has 0 aliphatic carbocycles. The Bertz CT molecular complexity index is 398. The second-order valence-electron chi connectivity index (χ2n) is 5.20. The summed E-state index contributed by atoms with van der Waals surface area (Å²) in [5, 5.41) is 3.51. The van der Waals surface area contributed by atoms with E-state index in [9.17, 15) is 0 Å². The fourth-order valence-electron chi connectivity index (χ4n) is 2.30. The van der Waals surface area contributed by atoms with Gasteiger partial charge in [0.1, 0.15) is 17.5 Å². The highest BCUT2D eigenvalue weighted by atomic mass is 15.2. The highest BCUT2D eigenvalue weighted by molar-refractivity contribution is 5.49. The summed E-state index contributed by atoms with van der Waals surface area (Å²) in [5.74, 6) is 2.78. The maximum atomic E-state index is 4.52. The summed E-state index contributed by atoms with van der Waals surface area (Å²) < 4.78 is 0. The molecule has 18 heavy (non-hydrogen) atoms. The van der Waals surface area contributed by atoms with Crippen LogP contribution in [0.25, 0.3) is 0 Å². The van der Waals surface area contributed by atoms with Crippen molar-refractivity contribution in [2.24, 2.45) is 0 Å². The zero-order valence-electron chi connectivity index (χ0n) is 11.8. The van der Waals surface area contributed by atoms with Crippen LogP contribution < -0.4 is 15.1 Å². The van der Waals surface area contributed by atoms with E-state index in [1.165, 1.54) is 12.8 Å². The highest BCUT2D eigenvalue weighted by Gasteiger charge is 2.17. The number of rotatable bonds is 4. The summed E-state index contributed by atoms with van der Waals surface area (Å²) in [7, 11) is 6.11. The van der Waals surface area contributed by atoms with Crippen LogP contribution in [0.2, 0.25) is 0 Å². The Morgan fingerprint density at radius 2 is 2.00 bits per heavy atom. The largest absolute Gasteiger partial charge is 0.363 e. The van der Waals surface area contributed by atoms with E-state index in [0.717, 1.165) is 30.5 Å². The van der Waals surface area contributed by atoms with Gasteiger partial charge in [-0.15, -0.1) is 0 Å². The van der Waals surface area contributed by atoms with Crippen molar-refractivity contribution in [3.63, 3.8) is 0 Å². The molecule has 0 amide bonds. The molecule has 1 saturated heterocycles. The van der Waals surface area contributed by atoms with E-state index in [1.807, 2.05) is 32.0 Å². The summed E-state index contributed by atoms with van der Waals surface area (Å²) >= 11 is 0. The Labute approximate surface area is 109 Å². The van der Waals surface area contributed by atoms with Gasteiger partial charge in [-0.2, -0.15) is 0 Å². The zero-order valence-corrected chi connectivity index (χ0v) is 11.8. The fourth-order valence-corrected chi connectivity index (χ4v) is 2.30. The number of aromatic nitrogens is 2. The van der Waals surface area contributed by atoms with E-state index >= 15 is 0 Å². The molecule has 5 nitrogen and oxygen atoms in total. The monoisotopic (exact) mass is 249 g/mol. The molecule has 2 heterocycles. The second kappa shape index (κ2) is 5.52. The Balaban J connectivity index is 2.10. The first kappa shape index (κ1) is 13.1. The number of anilines is 2. The van der Waals surface area contributed by atoms with Gasteiger partial charge in [-0.05, 0) is 26.3 Å². The van der Waals surface area contributed by atoms with Crippen LogP contribution in [0.1, 0.15) is 18.7 Å². The first-order chi connectivity index (χ1) is 8.56. The average Bonchev–Trinajstić information content (AvgIpc) is 2.80. The van der Waals surface area contributed by atoms with E-state index in [4.69, 9.17) is 0 Å². The van der Waals surface area contributed by atoms with Crippen LogP contribution in [0.4, 0.5) is 11.6 Å². The summed E-state index contributed by atoms with van der Waals surface area (Å²) in [4.78, 5) is 13.2. The molecule has 100 valence electrons. The van der Waals surface area contributed by atoms with Gasteiger partial charge in [0.2, 0.25) is 0 Å². The number of hydrogen-bond donors (Lipinski definition) is 1. The number of nitrogens with one attached hydrogen (secondary N) is 1. The zero-order chi connectivity index (χ0) is 13.1. The van der Waals surface area contributed by atoms with Crippen LogP contribution in [0.5, 0.6) is 0 Å². The molecule has 0 saturated carbocycles. The molecular formula is C13H23N5. The summed E-state index contributed by atoms with van der Waals surface area (Å²) in [6.07, 6.45) is 2.54. The highest BCUT2D eigenvalue weighted by Crippen LogP contribution is 2.17. The van der Waals surface area contributed by atoms with E-state index in [2.05, 4.69) is 27.2 Å². The van der Waals surface area contributed by atoms with Crippen molar-refractivity contribution >= 4 is 11.6 Å². The van der Waals surface area contributed by atoms with Gasteiger partial charge in [0.15, 0.2) is 0 Å². The minimum atomic E-state index is 0.591. The minimum absolute atomic E-state index is 0.591. The van der Waals surface area contributed by atoms with Crippen LogP contribution >= 0.6 is 0 Å². The number of aryl methyl sites for hydroxylation is 1. The summed E-state index contributed by atoms with van der Waals surface area (Å²) in [6.45, 7) is 4.09. The van der Waals surface area contributed by atoms with E-state index in [1.54, 1.807) is 0 Å². The molecule has 0 spiro atoms. The standard InChI is InChI=1S/C13H23N5/c1-10-15-12(17(2)3)8-13(16-10)18(4)9-11-6-5-7-14-11/h8,11,14H,5-7,9H2,1-4H3. The van der Waals surface area contributed by atoms with Gasteiger partial charge >= 0.3 is 0 Å².